The molecule has 0 bridgehead atoms. The van der Waals surface area contributed by atoms with Gasteiger partial charge in [-0.25, -0.2) is 18.2 Å². The molecule has 0 fully saturated rings. The van der Waals surface area contributed by atoms with Crippen molar-refractivity contribution in [1.29, 1.82) is 0 Å². The SMILES string of the molecule is COc1ccc(S(=O)(=O)N2CCc3nc(NC(=O)Nc4cccc(Cl)c4)sc3C2)cc1. The molecule has 11 heteroatoms. The third-order valence-electron chi connectivity index (χ3n) is 4.70. The molecule has 1 aromatic heterocycles. The summed E-state index contributed by atoms with van der Waals surface area (Å²) in [6.45, 7) is 0.526. The van der Waals surface area contributed by atoms with Gasteiger partial charge in [-0.05, 0) is 42.5 Å². The van der Waals surface area contributed by atoms with Crippen molar-refractivity contribution in [3.63, 3.8) is 0 Å². The summed E-state index contributed by atoms with van der Waals surface area (Å²) >= 11 is 7.19. The Hall–Kier alpha value is -2.66. The second kappa shape index (κ2) is 8.83. The first-order chi connectivity index (χ1) is 14.8. The summed E-state index contributed by atoms with van der Waals surface area (Å²) in [4.78, 5) is 17.7. The fourth-order valence-electron chi connectivity index (χ4n) is 3.15. The van der Waals surface area contributed by atoms with Gasteiger partial charge in [0.1, 0.15) is 5.75 Å². The number of ether oxygens (including phenoxy) is 1. The highest BCUT2D eigenvalue weighted by Gasteiger charge is 2.30. The molecule has 2 heterocycles. The van der Waals surface area contributed by atoms with Crippen molar-refractivity contribution in [2.24, 2.45) is 0 Å². The average Bonchev–Trinajstić information content (AvgIpc) is 3.15. The number of carbonyl (C=O) groups excluding carboxylic acids is 1. The zero-order valence-corrected chi connectivity index (χ0v) is 18.9. The van der Waals surface area contributed by atoms with E-state index in [1.54, 1.807) is 36.4 Å². The van der Waals surface area contributed by atoms with E-state index < -0.39 is 16.1 Å². The van der Waals surface area contributed by atoms with Gasteiger partial charge in [0, 0.05) is 28.6 Å². The topological polar surface area (TPSA) is 101 Å². The normalized spacial score (nSPS) is 14.0. The Labute approximate surface area is 188 Å². The van der Waals surface area contributed by atoms with E-state index in [9.17, 15) is 13.2 Å². The van der Waals surface area contributed by atoms with Crippen LogP contribution < -0.4 is 15.4 Å². The molecule has 1 aliphatic rings. The van der Waals surface area contributed by atoms with Crippen LogP contribution in [0.1, 0.15) is 10.6 Å². The number of anilines is 2. The quantitative estimate of drug-likeness (QED) is 0.572. The molecule has 4 rings (SSSR count). The summed E-state index contributed by atoms with van der Waals surface area (Å²) in [6.07, 6.45) is 0.471. The number of rotatable bonds is 5. The number of halogens is 1. The van der Waals surface area contributed by atoms with E-state index in [2.05, 4.69) is 15.6 Å². The molecule has 31 heavy (non-hydrogen) atoms. The molecular formula is C20H19ClN4O4S2. The number of benzene rings is 2. The van der Waals surface area contributed by atoms with Gasteiger partial charge in [0.2, 0.25) is 10.0 Å². The van der Waals surface area contributed by atoms with Crippen molar-refractivity contribution in [2.45, 2.75) is 17.9 Å². The predicted molar refractivity (Wildman–Crippen MR) is 121 cm³/mol. The van der Waals surface area contributed by atoms with Gasteiger partial charge in [0.25, 0.3) is 0 Å². The minimum Gasteiger partial charge on any atom is -0.497 e. The van der Waals surface area contributed by atoms with Crippen LogP contribution in [0.25, 0.3) is 0 Å². The van der Waals surface area contributed by atoms with Crippen LogP contribution in [0.15, 0.2) is 53.4 Å². The van der Waals surface area contributed by atoms with Crippen LogP contribution in [0.4, 0.5) is 15.6 Å². The molecular weight excluding hydrogens is 460 g/mol. The van der Waals surface area contributed by atoms with Crippen LogP contribution in [0.2, 0.25) is 5.02 Å². The molecule has 3 aromatic rings. The Balaban J connectivity index is 1.44. The van der Waals surface area contributed by atoms with Gasteiger partial charge in [0.05, 0.1) is 24.2 Å². The van der Waals surface area contributed by atoms with Crippen LogP contribution in [0.3, 0.4) is 0 Å². The number of urea groups is 1. The monoisotopic (exact) mass is 478 g/mol. The van der Waals surface area contributed by atoms with Gasteiger partial charge in [-0.3, -0.25) is 5.32 Å². The van der Waals surface area contributed by atoms with Crippen LogP contribution in [-0.2, 0) is 23.0 Å². The van der Waals surface area contributed by atoms with Gasteiger partial charge in [-0.15, -0.1) is 0 Å². The van der Waals surface area contributed by atoms with Crippen molar-refractivity contribution in [1.82, 2.24) is 9.29 Å². The molecule has 2 amide bonds. The maximum atomic E-state index is 13.0. The predicted octanol–water partition coefficient (Wildman–Crippen LogP) is 4.20. The Morgan fingerprint density at radius 1 is 1.19 bits per heavy atom. The third kappa shape index (κ3) is 4.82. The number of fused-ring (bicyclic) bond motifs is 1. The van der Waals surface area contributed by atoms with Crippen LogP contribution in [0, 0.1) is 0 Å². The molecule has 0 spiro atoms. The second-order valence-corrected chi connectivity index (χ2v) is 10.2. The lowest BCUT2D eigenvalue weighted by molar-refractivity contribution is 0.262. The second-order valence-electron chi connectivity index (χ2n) is 6.74. The van der Waals surface area contributed by atoms with E-state index in [0.29, 0.717) is 34.6 Å². The van der Waals surface area contributed by atoms with Crippen molar-refractivity contribution >= 4 is 49.8 Å². The Kier molecular flexibility index (Phi) is 6.15. The van der Waals surface area contributed by atoms with Crippen LogP contribution in [-0.4, -0.2) is 37.4 Å². The van der Waals surface area contributed by atoms with Crippen molar-refractivity contribution < 1.29 is 17.9 Å². The maximum Gasteiger partial charge on any atom is 0.325 e. The number of carbonyl (C=O) groups is 1. The van der Waals surface area contributed by atoms with E-state index in [0.717, 1.165) is 10.6 Å². The minimum absolute atomic E-state index is 0.207. The molecule has 162 valence electrons. The van der Waals surface area contributed by atoms with Gasteiger partial charge >= 0.3 is 6.03 Å². The largest absolute Gasteiger partial charge is 0.497 e. The fraction of sp³-hybridized carbons (Fsp3) is 0.200. The molecule has 0 aliphatic carbocycles. The van der Waals surface area contributed by atoms with E-state index in [4.69, 9.17) is 16.3 Å². The van der Waals surface area contributed by atoms with Gasteiger partial charge in [-0.1, -0.05) is 29.0 Å². The minimum atomic E-state index is -3.64. The summed E-state index contributed by atoms with van der Waals surface area (Å²) in [5.41, 5.74) is 1.35. The number of nitrogens with one attached hydrogen (secondary N) is 2. The zero-order valence-electron chi connectivity index (χ0n) is 16.5. The summed E-state index contributed by atoms with van der Waals surface area (Å²) in [6, 6.07) is 12.7. The van der Waals surface area contributed by atoms with Gasteiger partial charge < -0.3 is 10.1 Å². The first-order valence-corrected chi connectivity index (χ1v) is 11.9. The number of nitrogens with zero attached hydrogens (tertiary/aromatic N) is 2. The van der Waals surface area contributed by atoms with Gasteiger partial charge in [0.15, 0.2) is 5.13 Å². The summed E-state index contributed by atoms with van der Waals surface area (Å²) < 4.78 is 32.5. The number of hydrogen-bond donors (Lipinski definition) is 2. The Bertz CT molecular complexity index is 1210. The van der Waals surface area contributed by atoms with Crippen LogP contribution in [0.5, 0.6) is 5.75 Å². The van der Waals surface area contributed by atoms with Crippen molar-refractivity contribution in [2.75, 3.05) is 24.3 Å². The molecule has 0 saturated heterocycles. The smallest absolute Gasteiger partial charge is 0.325 e. The number of hydrogen-bond acceptors (Lipinski definition) is 6. The van der Waals surface area contributed by atoms with Crippen molar-refractivity contribution in [3.05, 3.63) is 64.1 Å². The number of amides is 2. The van der Waals surface area contributed by atoms with Crippen LogP contribution >= 0.6 is 22.9 Å². The maximum absolute atomic E-state index is 13.0. The zero-order chi connectivity index (χ0) is 22.0. The fourth-order valence-corrected chi connectivity index (χ4v) is 5.85. The lowest BCUT2D eigenvalue weighted by Crippen LogP contribution is -2.35. The molecule has 8 nitrogen and oxygen atoms in total. The molecule has 2 N–H and O–H groups in total. The molecule has 0 radical (unpaired) electrons. The summed E-state index contributed by atoms with van der Waals surface area (Å²) in [5, 5.41) is 6.31. The van der Waals surface area contributed by atoms with E-state index in [1.165, 1.54) is 34.9 Å². The first kappa shape index (κ1) is 21.6. The lowest BCUT2D eigenvalue weighted by Gasteiger charge is -2.25. The number of thiazole rings is 1. The standard InChI is InChI=1S/C20H19ClN4O4S2/c1-29-15-5-7-16(8-6-15)31(27,28)25-10-9-17-18(12-25)30-20(23-17)24-19(26)22-14-4-2-3-13(21)11-14/h2-8,11H,9-10,12H2,1H3,(H2,22,23,24,26). The molecule has 0 atom stereocenters. The molecule has 0 unspecified atom stereocenters. The number of methoxy groups -OCH3 is 1. The highest BCUT2D eigenvalue weighted by Crippen LogP contribution is 2.31. The van der Waals surface area contributed by atoms with E-state index in [-0.39, 0.29) is 11.4 Å². The number of aromatic nitrogens is 1. The Morgan fingerprint density at radius 3 is 2.68 bits per heavy atom. The molecule has 2 aromatic carbocycles. The highest BCUT2D eigenvalue weighted by atomic mass is 35.5. The summed E-state index contributed by atoms with van der Waals surface area (Å²) in [7, 11) is -2.12. The molecule has 0 saturated carbocycles. The van der Waals surface area contributed by atoms with Crippen molar-refractivity contribution in [3.8, 4) is 5.75 Å². The third-order valence-corrected chi connectivity index (χ3v) is 7.79. The lowest BCUT2D eigenvalue weighted by atomic mass is 10.2. The average molecular weight is 479 g/mol. The van der Waals surface area contributed by atoms with Gasteiger partial charge in [-0.2, -0.15) is 4.31 Å². The number of sulfonamides is 1. The Morgan fingerprint density at radius 2 is 1.97 bits per heavy atom. The van der Waals surface area contributed by atoms with E-state index in [1.807, 2.05) is 0 Å². The summed E-state index contributed by atoms with van der Waals surface area (Å²) in [5.74, 6) is 0.592. The first-order valence-electron chi connectivity index (χ1n) is 9.31. The highest BCUT2D eigenvalue weighted by molar-refractivity contribution is 7.89. The molecule has 1 aliphatic heterocycles. The van der Waals surface area contributed by atoms with E-state index >= 15 is 0 Å².